The quantitative estimate of drug-likeness (QED) is 0.639. The second-order valence-corrected chi connectivity index (χ2v) is 7.10. The van der Waals surface area contributed by atoms with Crippen molar-refractivity contribution < 1.29 is 18.3 Å². The van der Waals surface area contributed by atoms with Crippen LogP contribution < -0.4 is 4.74 Å². The van der Waals surface area contributed by atoms with Crippen LogP contribution in [-0.2, 0) is 20.2 Å². The molecule has 0 spiro atoms. The van der Waals surface area contributed by atoms with E-state index in [1.165, 1.54) is 17.7 Å². The number of amides is 1. The van der Waals surface area contributed by atoms with Crippen molar-refractivity contribution in [1.29, 1.82) is 0 Å². The van der Waals surface area contributed by atoms with Crippen molar-refractivity contribution in [1.82, 2.24) is 19.6 Å². The molecule has 0 atom stereocenters. The zero-order valence-corrected chi connectivity index (χ0v) is 16.3. The summed E-state index contributed by atoms with van der Waals surface area (Å²) >= 11 is 0. The van der Waals surface area contributed by atoms with Crippen LogP contribution in [0.1, 0.15) is 21.9 Å². The molecule has 0 unspecified atom stereocenters. The predicted molar refractivity (Wildman–Crippen MR) is 104 cm³/mol. The highest BCUT2D eigenvalue weighted by Crippen LogP contribution is 2.17. The van der Waals surface area contributed by atoms with Crippen LogP contribution in [0.2, 0.25) is 0 Å². The fourth-order valence-corrected chi connectivity index (χ4v) is 3.33. The van der Waals surface area contributed by atoms with Crippen LogP contribution >= 0.6 is 0 Å². The van der Waals surface area contributed by atoms with Gasteiger partial charge in [0.25, 0.3) is 5.91 Å². The molecule has 2 aromatic heterocycles. The van der Waals surface area contributed by atoms with Gasteiger partial charge in [0.05, 0.1) is 6.20 Å². The molecule has 0 bridgehead atoms. The number of piperazine rings is 1. The Hall–Kier alpha value is -3.13. The fraction of sp³-hybridized carbons (Fsp3) is 0.333. The fourth-order valence-electron chi connectivity index (χ4n) is 3.33. The van der Waals surface area contributed by atoms with Gasteiger partial charge >= 0.3 is 0 Å². The predicted octanol–water partition coefficient (Wildman–Crippen LogP) is 2.69. The lowest BCUT2D eigenvalue weighted by atomic mass is 10.2. The van der Waals surface area contributed by atoms with Gasteiger partial charge in [-0.1, -0.05) is 0 Å². The van der Waals surface area contributed by atoms with E-state index in [0.29, 0.717) is 30.4 Å². The van der Waals surface area contributed by atoms with Gasteiger partial charge in [0.1, 0.15) is 23.9 Å². The van der Waals surface area contributed by atoms with Crippen LogP contribution in [0.15, 0.2) is 53.2 Å². The Kier molecular flexibility index (Phi) is 5.62. The molecular formula is C21H23FN4O3. The Bertz CT molecular complexity index is 958. The van der Waals surface area contributed by atoms with Gasteiger partial charge in [-0.15, -0.1) is 0 Å². The van der Waals surface area contributed by atoms with E-state index in [1.807, 2.05) is 24.3 Å². The van der Waals surface area contributed by atoms with Crippen LogP contribution in [0, 0.1) is 5.82 Å². The van der Waals surface area contributed by atoms with Crippen LogP contribution in [0.5, 0.6) is 5.75 Å². The number of furan rings is 1. The third-order valence-electron chi connectivity index (χ3n) is 4.89. The van der Waals surface area contributed by atoms with Crippen molar-refractivity contribution in [3.63, 3.8) is 0 Å². The molecule has 29 heavy (non-hydrogen) atoms. The topological polar surface area (TPSA) is 63.7 Å². The van der Waals surface area contributed by atoms with Gasteiger partial charge in [0.2, 0.25) is 0 Å². The minimum Gasteiger partial charge on any atom is -0.486 e. The lowest BCUT2D eigenvalue weighted by molar-refractivity contribution is 0.0594. The molecule has 3 heterocycles. The van der Waals surface area contributed by atoms with Crippen LogP contribution in [0.4, 0.5) is 4.39 Å². The number of hydrogen-bond donors (Lipinski definition) is 0. The number of halogens is 1. The van der Waals surface area contributed by atoms with Crippen LogP contribution in [0.25, 0.3) is 0 Å². The molecule has 0 aliphatic carbocycles. The number of aryl methyl sites for hydroxylation is 1. The van der Waals surface area contributed by atoms with Gasteiger partial charge in [-0.3, -0.25) is 14.4 Å². The first-order chi connectivity index (χ1) is 14.1. The number of rotatable bonds is 6. The van der Waals surface area contributed by atoms with Crippen molar-refractivity contribution >= 4 is 5.91 Å². The van der Waals surface area contributed by atoms with Crippen molar-refractivity contribution in [2.24, 2.45) is 7.05 Å². The molecule has 0 N–H and O–H groups in total. The lowest BCUT2D eigenvalue weighted by Gasteiger charge is -2.34. The van der Waals surface area contributed by atoms with Gasteiger partial charge in [0.15, 0.2) is 5.76 Å². The summed E-state index contributed by atoms with van der Waals surface area (Å²) in [6.45, 7) is 3.94. The third-order valence-corrected chi connectivity index (χ3v) is 4.89. The van der Waals surface area contributed by atoms with E-state index >= 15 is 0 Å². The van der Waals surface area contributed by atoms with Gasteiger partial charge in [-0.05, 0) is 36.4 Å². The normalized spacial score (nSPS) is 14.9. The summed E-state index contributed by atoms with van der Waals surface area (Å²) in [7, 11) is 1.91. The molecule has 1 aliphatic heterocycles. The molecule has 0 radical (unpaired) electrons. The summed E-state index contributed by atoms with van der Waals surface area (Å²) in [5.74, 6) is 0.972. The van der Waals surface area contributed by atoms with Gasteiger partial charge in [-0.2, -0.15) is 5.10 Å². The first-order valence-corrected chi connectivity index (χ1v) is 9.53. The summed E-state index contributed by atoms with van der Waals surface area (Å²) in [5.41, 5.74) is 1.17. The van der Waals surface area contributed by atoms with Crippen LogP contribution in [-0.4, -0.2) is 51.7 Å². The number of hydrogen-bond acceptors (Lipinski definition) is 5. The number of aromatic nitrogens is 2. The van der Waals surface area contributed by atoms with Crippen molar-refractivity contribution in [3.8, 4) is 5.75 Å². The molecule has 1 aliphatic rings. The van der Waals surface area contributed by atoms with E-state index in [0.717, 1.165) is 19.6 Å². The maximum atomic E-state index is 12.9. The summed E-state index contributed by atoms with van der Waals surface area (Å²) in [6, 6.07) is 9.18. The summed E-state index contributed by atoms with van der Waals surface area (Å²) in [4.78, 5) is 16.8. The minimum atomic E-state index is -0.316. The highest BCUT2D eigenvalue weighted by molar-refractivity contribution is 5.91. The number of nitrogens with zero attached hydrogens (tertiary/aromatic N) is 4. The van der Waals surface area contributed by atoms with E-state index in [4.69, 9.17) is 9.15 Å². The van der Waals surface area contributed by atoms with E-state index in [-0.39, 0.29) is 18.3 Å². The van der Waals surface area contributed by atoms with E-state index in [2.05, 4.69) is 10.00 Å². The SMILES string of the molecule is Cn1cc(CN2CCN(C(=O)c3ccc(COc4ccc(F)cc4)o3)CC2)cn1. The second-order valence-electron chi connectivity index (χ2n) is 7.10. The highest BCUT2D eigenvalue weighted by Gasteiger charge is 2.24. The Balaban J connectivity index is 1.27. The van der Waals surface area contributed by atoms with Crippen molar-refractivity contribution in [3.05, 3.63) is 71.7 Å². The van der Waals surface area contributed by atoms with Gasteiger partial charge in [-0.25, -0.2) is 4.39 Å². The molecule has 3 aromatic rings. The molecule has 4 rings (SSSR count). The maximum absolute atomic E-state index is 12.9. The zero-order valence-electron chi connectivity index (χ0n) is 16.3. The second kappa shape index (κ2) is 8.48. The Morgan fingerprint density at radius 2 is 1.90 bits per heavy atom. The van der Waals surface area contributed by atoms with Crippen molar-refractivity contribution in [2.75, 3.05) is 26.2 Å². The smallest absolute Gasteiger partial charge is 0.289 e. The van der Waals surface area contributed by atoms with Crippen molar-refractivity contribution in [2.45, 2.75) is 13.2 Å². The average molecular weight is 398 g/mol. The van der Waals surface area contributed by atoms with E-state index in [1.54, 1.807) is 28.9 Å². The monoisotopic (exact) mass is 398 g/mol. The maximum Gasteiger partial charge on any atom is 0.289 e. The highest BCUT2D eigenvalue weighted by atomic mass is 19.1. The van der Waals surface area contributed by atoms with Crippen LogP contribution in [0.3, 0.4) is 0 Å². The molecule has 1 amide bonds. The number of ether oxygens (including phenoxy) is 1. The molecule has 1 fully saturated rings. The Morgan fingerprint density at radius 3 is 2.59 bits per heavy atom. The molecule has 0 saturated carbocycles. The minimum absolute atomic E-state index is 0.112. The van der Waals surface area contributed by atoms with E-state index in [9.17, 15) is 9.18 Å². The van der Waals surface area contributed by atoms with E-state index < -0.39 is 0 Å². The molecule has 7 nitrogen and oxygen atoms in total. The Morgan fingerprint density at radius 1 is 1.14 bits per heavy atom. The largest absolute Gasteiger partial charge is 0.486 e. The number of carbonyl (C=O) groups excluding carboxylic acids is 1. The number of carbonyl (C=O) groups is 1. The average Bonchev–Trinajstić information content (AvgIpc) is 3.37. The first-order valence-electron chi connectivity index (χ1n) is 9.53. The molecule has 152 valence electrons. The standard InChI is InChI=1S/C21H23FN4O3/c1-24-13-16(12-23-24)14-25-8-10-26(11-9-25)21(27)20-7-6-19(29-20)15-28-18-4-2-17(22)3-5-18/h2-7,12-13H,8-11,14-15H2,1H3. The van der Waals surface area contributed by atoms with Gasteiger partial charge < -0.3 is 14.1 Å². The Labute approximate surface area is 168 Å². The summed E-state index contributed by atoms with van der Waals surface area (Å²) in [6.07, 6.45) is 3.88. The first kappa shape index (κ1) is 19.2. The zero-order chi connectivity index (χ0) is 20.2. The summed E-state index contributed by atoms with van der Waals surface area (Å²) in [5, 5.41) is 4.19. The third kappa shape index (κ3) is 4.83. The number of benzene rings is 1. The molecule has 1 saturated heterocycles. The van der Waals surface area contributed by atoms with Gasteiger partial charge in [0, 0.05) is 51.5 Å². The molecule has 8 heteroatoms. The summed E-state index contributed by atoms with van der Waals surface area (Å²) < 4.78 is 25.9. The molecule has 1 aromatic carbocycles. The lowest BCUT2D eigenvalue weighted by Crippen LogP contribution is -2.48. The molecular weight excluding hydrogens is 375 g/mol.